The third kappa shape index (κ3) is 28.2. The van der Waals surface area contributed by atoms with Gasteiger partial charge in [0.15, 0.2) is 12.2 Å². The molecule has 0 unspecified atom stereocenters. The summed E-state index contributed by atoms with van der Waals surface area (Å²) in [6, 6.07) is 27.3. The van der Waals surface area contributed by atoms with E-state index < -0.39 is 107 Å². The Hall–Kier alpha value is -9.00. The summed E-state index contributed by atoms with van der Waals surface area (Å²) in [7, 11) is 2.99. The number of nitrogens with two attached hydrogens (primary N) is 1. The van der Waals surface area contributed by atoms with E-state index in [9.17, 15) is 56.6 Å². The van der Waals surface area contributed by atoms with Crippen LogP contribution in [0.3, 0.4) is 0 Å². The molecule has 3 amide bonds. The lowest BCUT2D eigenvalue weighted by Crippen LogP contribution is -2.49. The molecule has 4 aromatic carbocycles. The van der Waals surface area contributed by atoms with Gasteiger partial charge in [0.2, 0.25) is 17.7 Å². The van der Waals surface area contributed by atoms with Gasteiger partial charge < -0.3 is 60.3 Å². The Balaban J connectivity index is 0.000000476. The number of carboxylic acids is 2. The number of carbonyl (C=O) groups excluding carboxylic acids is 7. The largest absolute Gasteiger partial charge is 0.495 e. The van der Waals surface area contributed by atoms with Crippen molar-refractivity contribution in [1.29, 1.82) is 0 Å². The fourth-order valence-electron chi connectivity index (χ4n) is 10.1. The number of rotatable bonds is 26. The smallest absolute Gasteiger partial charge is 0.490 e. The molecule has 0 bridgehead atoms. The first-order valence-corrected chi connectivity index (χ1v) is 33.5. The second-order valence-corrected chi connectivity index (χ2v) is 26.4. The molecule has 0 saturated heterocycles. The molecule has 1 spiro atoms. The molecular formula is C75H95Cl2F3N4O17. The molecule has 552 valence electrons. The summed E-state index contributed by atoms with van der Waals surface area (Å²) in [6.45, 7) is 11.7. The molecular weight excluding hydrogens is 1360 g/mol. The van der Waals surface area contributed by atoms with Crippen molar-refractivity contribution in [1.82, 2.24) is 16.0 Å². The van der Waals surface area contributed by atoms with Crippen LogP contribution in [0.25, 0.3) is 12.2 Å². The summed E-state index contributed by atoms with van der Waals surface area (Å²) in [5.74, 6) is -7.36. The van der Waals surface area contributed by atoms with E-state index in [0.29, 0.717) is 64.8 Å². The third-order valence-corrected chi connectivity index (χ3v) is 17.1. The number of alkyl halides is 3. The summed E-state index contributed by atoms with van der Waals surface area (Å²) in [6.07, 6.45) is 8.12. The van der Waals surface area contributed by atoms with Crippen molar-refractivity contribution < 1.29 is 96.4 Å². The summed E-state index contributed by atoms with van der Waals surface area (Å²) in [5.41, 5.74) is 7.40. The van der Waals surface area contributed by atoms with Crippen LogP contribution in [0.2, 0.25) is 10.0 Å². The van der Waals surface area contributed by atoms with Gasteiger partial charge in [0, 0.05) is 52.0 Å². The molecule has 26 heteroatoms. The standard InChI is InChI=1S/C36H45ClN2O8.C36H43ClN2O7.C2HF3O2.CH4.H2/c1-23(2)19-31(47-35(44)36(22-38)17-18-36)34(43)46-29(24(3)13-14-25-9-6-5-7-10-25)11-8-12-32(40)39-28(33(41)42)21-26-15-16-30(45-4)27(37)20-26;1-23(2)19-31-34(42)45-29(24(3)13-14-25-9-6-5-7-10-25)11-8-12-32(40)39-28(21-26-15-16-30(44-4)27(37)20-26)33(41)38-22-36(17-18-36)35(43)46-31;3-2(4,5)1(6)7;;/h5-10,12-16,20,23-24,28-29,31H,11,17-19,21-22,38H2,1-4H3,(H,39,40)(H,41,42);5-10,12-16,20,23-24,28-29,31H,11,17-19,21-22H2,1-4H3,(H,38,41)(H,39,40);(H,6,7);1H4;1H/b2*12-8+,14-13+;;;/t2*24-,28-,29+,31+;;;/m11.../s1. The van der Waals surface area contributed by atoms with Gasteiger partial charge in [-0.3, -0.25) is 24.0 Å². The van der Waals surface area contributed by atoms with E-state index in [2.05, 4.69) is 16.0 Å². The van der Waals surface area contributed by atoms with Crippen molar-refractivity contribution in [2.45, 2.75) is 156 Å². The van der Waals surface area contributed by atoms with Crippen molar-refractivity contribution in [3.05, 3.63) is 166 Å². The number of carbonyl (C=O) groups is 9. The predicted octanol–water partition coefficient (Wildman–Crippen LogP) is 12.3. The molecule has 7 N–H and O–H groups in total. The maximum atomic E-state index is 13.5. The second-order valence-electron chi connectivity index (χ2n) is 25.6. The number of amides is 3. The topological polar surface area (TPSA) is 312 Å². The third-order valence-electron chi connectivity index (χ3n) is 16.5. The Labute approximate surface area is 599 Å². The maximum absolute atomic E-state index is 13.5. The second kappa shape index (κ2) is 40.4. The molecule has 21 nitrogen and oxygen atoms in total. The fraction of sp³-hybridized carbons (Fsp3) is 0.453. The first kappa shape index (κ1) is 84.4. The number of nitrogens with one attached hydrogen (secondary N) is 3. The van der Waals surface area contributed by atoms with Crippen LogP contribution in [0.4, 0.5) is 13.2 Å². The van der Waals surface area contributed by atoms with Crippen molar-refractivity contribution in [3.8, 4) is 11.5 Å². The SMILES string of the molecule is C.COc1ccc(C[C@@H](NC(=O)/C=C/C[C@H](OC(=O)[C@H](CC(C)C)OC(=O)C2(CN)CC2)[C@H](C)/C=C/c2ccccc2)C(=O)O)cc1Cl.COc1ccc(C[C@H]2NC(=O)/C=C/C[C@@H]([C@H](C)/C=C/c3ccccc3)OC(=O)[C@H](CC(C)C)OC(=O)C3(CC3)CNC2=O)cc1Cl.O=C(O)C(F)(F)F.[HH]. The molecule has 3 aliphatic rings. The minimum Gasteiger partial charge on any atom is -0.495 e. The van der Waals surface area contributed by atoms with Crippen LogP contribution in [0.5, 0.6) is 11.5 Å². The Morgan fingerprint density at radius 1 is 0.782 bits per heavy atom. The number of ether oxygens (including phenoxy) is 6. The summed E-state index contributed by atoms with van der Waals surface area (Å²) < 4.78 is 65.5. The lowest BCUT2D eigenvalue weighted by atomic mass is 9.99. The molecule has 0 radical (unpaired) electrons. The monoisotopic (exact) mass is 1450 g/mol. The zero-order valence-electron chi connectivity index (χ0n) is 57.1. The minimum absolute atomic E-state index is 0. The van der Waals surface area contributed by atoms with Crippen LogP contribution >= 0.6 is 23.2 Å². The Bertz CT molecular complexity index is 3570. The number of cyclic esters (lactones) is 2. The number of hydrogen-bond donors (Lipinski definition) is 6. The number of aliphatic carboxylic acids is 2. The Morgan fingerprint density at radius 3 is 1.85 bits per heavy atom. The molecule has 2 fully saturated rings. The lowest BCUT2D eigenvalue weighted by molar-refractivity contribution is -0.192. The van der Waals surface area contributed by atoms with Crippen molar-refractivity contribution in [3.63, 3.8) is 0 Å². The van der Waals surface area contributed by atoms with E-state index >= 15 is 0 Å². The number of benzene rings is 4. The molecule has 1 aliphatic heterocycles. The lowest BCUT2D eigenvalue weighted by Gasteiger charge is -2.27. The van der Waals surface area contributed by atoms with E-state index in [1.54, 1.807) is 42.5 Å². The summed E-state index contributed by atoms with van der Waals surface area (Å²) in [5, 5.41) is 25.7. The van der Waals surface area contributed by atoms with Gasteiger partial charge in [-0.2, -0.15) is 13.2 Å². The Kier molecular flexibility index (Phi) is 33.8. The van der Waals surface area contributed by atoms with Gasteiger partial charge in [0.25, 0.3) is 0 Å². The zero-order valence-corrected chi connectivity index (χ0v) is 58.6. The number of esters is 4. The highest BCUT2D eigenvalue weighted by molar-refractivity contribution is 6.32. The van der Waals surface area contributed by atoms with Crippen LogP contribution in [-0.2, 0) is 74.9 Å². The molecule has 7 rings (SSSR count). The minimum atomic E-state index is -5.08. The van der Waals surface area contributed by atoms with Gasteiger partial charge in [0.05, 0.1) is 35.1 Å². The maximum Gasteiger partial charge on any atom is 0.490 e. The number of carboxylic acid groups (broad SMARTS) is 2. The van der Waals surface area contributed by atoms with Gasteiger partial charge >= 0.3 is 42.0 Å². The van der Waals surface area contributed by atoms with Gasteiger partial charge in [0.1, 0.15) is 35.8 Å². The van der Waals surface area contributed by atoms with Gasteiger partial charge in [-0.1, -0.05) is 181 Å². The van der Waals surface area contributed by atoms with E-state index in [1.807, 2.05) is 127 Å². The van der Waals surface area contributed by atoms with Gasteiger partial charge in [-0.25, -0.2) is 19.2 Å². The molecule has 0 aromatic heterocycles. The highest BCUT2D eigenvalue weighted by Crippen LogP contribution is 2.47. The number of halogens is 5. The molecule has 2 saturated carbocycles. The van der Waals surface area contributed by atoms with Gasteiger partial charge in [-0.15, -0.1) is 0 Å². The van der Waals surface area contributed by atoms with Crippen LogP contribution in [-0.4, -0.2) is 134 Å². The number of hydrogen-bond acceptors (Lipinski definition) is 16. The zero-order chi connectivity index (χ0) is 73.9. The Morgan fingerprint density at radius 2 is 1.35 bits per heavy atom. The van der Waals surface area contributed by atoms with Crippen molar-refractivity contribution >= 4 is 88.9 Å². The van der Waals surface area contributed by atoms with Crippen molar-refractivity contribution in [2.24, 2.45) is 40.2 Å². The molecule has 1 heterocycles. The highest BCUT2D eigenvalue weighted by Gasteiger charge is 2.53. The molecule has 8 atom stereocenters. The van der Waals surface area contributed by atoms with E-state index in [0.717, 1.165) is 11.1 Å². The van der Waals surface area contributed by atoms with Crippen LogP contribution < -0.4 is 31.2 Å². The van der Waals surface area contributed by atoms with E-state index in [1.165, 1.54) is 32.4 Å². The fourth-order valence-corrected chi connectivity index (χ4v) is 10.6. The molecule has 101 heavy (non-hydrogen) atoms. The van der Waals surface area contributed by atoms with Crippen LogP contribution in [0.15, 0.2) is 134 Å². The van der Waals surface area contributed by atoms with Gasteiger partial charge in [-0.05, 0) is 109 Å². The first-order chi connectivity index (χ1) is 47.3. The highest BCUT2D eigenvalue weighted by atomic mass is 35.5. The predicted molar refractivity (Wildman–Crippen MR) is 378 cm³/mol. The van der Waals surface area contributed by atoms with E-state index in [4.69, 9.17) is 67.3 Å². The first-order valence-electron chi connectivity index (χ1n) is 32.7. The normalized spacial score (nSPS) is 19.2. The van der Waals surface area contributed by atoms with Crippen LogP contribution in [0.1, 0.15) is 124 Å². The summed E-state index contributed by atoms with van der Waals surface area (Å²) in [4.78, 5) is 113. The summed E-state index contributed by atoms with van der Waals surface area (Å²) >= 11 is 12.5. The van der Waals surface area contributed by atoms with Crippen molar-refractivity contribution in [2.75, 3.05) is 27.3 Å². The van der Waals surface area contributed by atoms with E-state index in [-0.39, 0.29) is 77.7 Å². The van der Waals surface area contributed by atoms with Crippen LogP contribution in [0, 0.1) is 34.5 Å². The average Bonchev–Trinajstić information content (AvgIpc) is 1.64. The molecule has 4 aromatic rings. The average molecular weight is 1450 g/mol. The molecule has 2 aliphatic carbocycles. The number of methoxy groups -OCH3 is 2. The quantitative estimate of drug-likeness (QED) is 0.0193.